The van der Waals surface area contributed by atoms with Crippen LogP contribution in [0.3, 0.4) is 0 Å². The van der Waals surface area contributed by atoms with Gasteiger partial charge in [0.25, 0.3) is 0 Å². The molecular weight excluding hydrogens is 294 g/mol. The number of rotatable bonds is 5. The molecule has 0 saturated carbocycles. The largest absolute Gasteiger partial charge is 0.354 e. The highest BCUT2D eigenvalue weighted by Crippen LogP contribution is 2.22. The van der Waals surface area contributed by atoms with E-state index in [1.54, 1.807) is 11.3 Å². The zero-order valence-corrected chi connectivity index (χ0v) is 13.7. The Labute approximate surface area is 131 Å². The van der Waals surface area contributed by atoms with Crippen molar-refractivity contribution in [1.82, 2.24) is 15.5 Å². The third-order valence-corrected chi connectivity index (χ3v) is 4.65. The number of halogens is 1. The highest BCUT2D eigenvalue weighted by Gasteiger charge is 2.22. The molecule has 0 spiro atoms. The molecule has 114 valence electrons. The number of piperidine rings is 1. The molecule has 2 heterocycles. The maximum absolute atomic E-state index is 12.1. The Bertz CT molecular complexity index is 391. The maximum atomic E-state index is 12.1. The SMILES string of the molecule is CN(C)C(CNC(=O)C1CCNCC1)c1cccs1.Cl. The van der Waals surface area contributed by atoms with Gasteiger partial charge in [0.05, 0.1) is 6.04 Å². The van der Waals surface area contributed by atoms with Gasteiger partial charge in [-0.2, -0.15) is 0 Å². The van der Waals surface area contributed by atoms with Gasteiger partial charge in [0, 0.05) is 17.3 Å². The van der Waals surface area contributed by atoms with Gasteiger partial charge in [-0.15, -0.1) is 23.7 Å². The lowest BCUT2D eigenvalue weighted by atomic mass is 9.97. The molecule has 0 aromatic carbocycles. The summed E-state index contributed by atoms with van der Waals surface area (Å²) in [5.74, 6) is 0.400. The van der Waals surface area contributed by atoms with E-state index >= 15 is 0 Å². The van der Waals surface area contributed by atoms with Gasteiger partial charge >= 0.3 is 0 Å². The summed E-state index contributed by atoms with van der Waals surface area (Å²) in [6.07, 6.45) is 1.91. The quantitative estimate of drug-likeness (QED) is 0.871. The lowest BCUT2D eigenvalue weighted by Gasteiger charge is -2.26. The molecule has 0 radical (unpaired) electrons. The van der Waals surface area contributed by atoms with Crippen LogP contribution in [0, 0.1) is 5.92 Å². The highest BCUT2D eigenvalue weighted by molar-refractivity contribution is 7.10. The Morgan fingerprint density at radius 3 is 2.75 bits per heavy atom. The van der Waals surface area contributed by atoms with Gasteiger partial charge in [-0.25, -0.2) is 0 Å². The number of carbonyl (C=O) groups excluding carboxylic acids is 1. The van der Waals surface area contributed by atoms with E-state index in [-0.39, 0.29) is 30.3 Å². The zero-order valence-electron chi connectivity index (χ0n) is 12.1. The van der Waals surface area contributed by atoms with E-state index < -0.39 is 0 Å². The molecule has 1 aromatic rings. The standard InChI is InChI=1S/C14H23N3OS.ClH/c1-17(2)12(13-4-3-9-19-13)10-16-14(18)11-5-7-15-8-6-11;/h3-4,9,11-12,15H,5-8,10H2,1-2H3,(H,16,18);1H. The number of hydrogen-bond acceptors (Lipinski definition) is 4. The summed E-state index contributed by atoms with van der Waals surface area (Å²) in [6.45, 7) is 2.61. The summed E-state index contributed by atoms with van der Waals surface area (Å²) in [7, 11) is 4.11. The molecule has 0 bridgehead atoms. The van der Waals surface area contributed by atoms with Crippen LogP contribution in [-0.4, -0.2) is 44.5 Å². The van der Waals surface area contributed by atoms with Crippen LogP contribution < -0.4 is 10.6 Å². The van der Waals surface area contributed by atoms with Crippen LogP contribution in [0.2, 0.25) is 0 Å². The van der Waals surface area contributed by atoms with Crippen LogP contribution >= 0.6 is 23.7 Å². The highest BCUT2D eigenvalue weighted by atomic mass is 35.5. The zero-order chi connectivity index (χ0) is 13.7. The third-order valence-electron chi connectivity index (χ3n) is 3.67. The molecule has 1 atom stereocenters. The van der Waals surface area contributed by atoms with Gasteiger partial charge < -0.3 is 15.5 Å². The summed E-state index contributed by atoms with van der Waals surface area (Å²) < 4.78 is 0. The number of amides is 1. The fourth-order valence-corrected chi connectivity index (χ4v) is 3.37. The molecule has 6 heteroatoms. The average molecular weight is 318 g/mol. The van der Waals surface area contributed by atoms with E-state index in [0.717, 1.165) is 25.9 Å². The first-order valence-corrected chi connectivity index (χ1v) is 7.74. The molecule has 2 rings (SSSR count). The smallest absolute Gasteiger partial charge is 0.223 e. The van der Waals surface area contributed by atoms with E-state index in [2.05, 4.69) is 47.1 Å². The number of nitrogens with one attached hydrogen (secondary N) is 2. The average Bonchev–Trinajstić information content (AvgIpc) is 2.93. The van der Waals surface area contributed by atoms with Crippen molar-refractivity contribution in [3.05, 3.63) is 22.4 Å². The van der Waals surface area contributed by atoms with Crippen molar-refractivity contribution in [1.29, 1.82) is 0 Å². The maximum Gasteiger partial charge on any atom is 0.223 e. The predicted molar refractivity (Wildman–Crippen MR) is 86.6 cm³/mol. The van der Waals surface area contributed by atoms with E-state index in [1.165, 1.54) is 4.88 Å². The minimum atomic E-state index is 0. The van der Waals surface area contributed by atoms with Gasteiger partial charge in [0.1, 0.15) is 0 Å². The normalized spacial score (nSPS) is 17.6. The second-order valence-corrected chi connectivity index (χ2v) is 6.24. The Hall–Kier alpha value is -0.620. The summed E-state index contributed by atoms with van der Waals surface area (Å²) in [4.78, 5) is 15.6. The van der Waals surface area contributed by atoms with Crippen molar-refractivity contribution < 1.29 is 4.79 Å². The van der Waals surface area contributed by atoms with Gasteiger partial charge in [-0.1, -0.05) is 6.07 Å². The minimum Gasteiger partial charge on any atom is -0.354 e. The van der Waals surface area contributed by atoms with E-state index in [1.807, 2.05) is 0 Å². The van der Waals surface area contributed by atoms with Crippen LogP contribution in [0.1, 0.15) is 23.8 Å². The molecule has 4 nitrogen and oxygen atoms in total. The summed E-state index contributed by atoms with van der Waals surface area (Å²) >= 11 is 1.74. The molecule has 1 fully saturated rings. The second-order valence-electron chi connectivity index (χ2n) is 5.26. The monoisotopic (exact) mass is 317 g/mol. The van der Waals surface area contributed by atoms with E-state index in [9.17, 15) is 4.79 Å². The van der Waals surface area contributed by atoms with Crippen LogP contribution in [0.4, 0.5) is 0 Å². The van der Waals surface area contributed by atoms with Crippen LogP contribution in [-0.2, 0) is 4.79 Å². The first-order chi connectivity index (χ1) is 9.18. The number of thiophene rings is 1. The van der Waals surface area contributed by atoms with Crippen LogP contribution in [0.15, 0.2) is 17.5 Å². The molecule has 1 aliphatic rings. The Kier molecular flexibility index (Phi) is 7.51. The first-order valence-electron chi connectivity index (χ1n) is 6.86. The number of likely N-dealkylation sites (N-methyl/N-ethyl adjacent to an activating group) is 1. The molecule has 1 amide bonds. The third kappa shape index (κ3) is 4.74. The van der Waals surface area contributed by atoms with Crippen molar-refractivity contribution in [3.8, 4) is 0 Å². The predicted octanol–water partition coefficient (Wildman–Crippen LogP) is 1.89. The molecule has 1 saturated heterocycles. The van der Waals surface area contributed by atoms with E-state index in [4.69, 9.17) is 0 Å². The topological polar surface area (TPSA) is 44.4 Å². The lowest BCUT2D eigenvalue weighted by Crippen LogP contribution is -2.41. The summed E-state index contributed by atoms with van der Waals surface area (Å²) in [6, 6.07) is 4.46. The van der Waals surface area contributed by atoms with Crippen molar-refractivity contribution in [2.75, 3.05) is 33.7 Å². The van der Waals surface area contributed by atoms with Crippen LogP contribution in [0.25, 0.3) is 0 Å². The minimum absolute atomic E-state index is 0. The first kappa shape index (κ1) is 17.4. The van der Waals surface area contributed by atoms with Gasteiger partial charge in [0.2, 0.25) is 5.91 Å². The Morgan fingerprint density at radius 1 is 1.50 bits per heavy atom. The Morgan fingerprint density at radius 2 is 2.20 bits per heavy atom. The van der Waals surface area contributed by atoms with Gasteiger partial charge in [-0.3, -0.25) is 4.79 Å². The van der Waals surface area contributed by atoms with Crippen molar-refractivity contribution in [2.45, 2.75) is 18.9 Å². The summed E-state index contributed by atoms with van der Waals surface area (Å²) in [5, 5.41) is 8.49. The molecule has 1 aromatic heterocycles. The van der Waals surface area contributed by atoms with Gasteiger partial charge in [0.15, 0.2) is 0 Å². The lowest BCUT2D eigenvalue weighted by molar-refractivity contribution is -0.125. The molecule has 20 heavy (non-hydrogen) atoms. The molecule has 0 aliphatic carbocycles. The molecule has 1 aliphatic heterocycles. The van der Waals surface area contributed by atoms with Crippen molar-refractivity contribution in [3.63, 3.8) is 0 Å². The molecule has 2 N–H and O–H groups in total. The van der Waals surface area contributed by atoms with E-state index in [0.29, 0.717) is 6.54 Å². The van der Waals surface area contributed by atoms with Crippen LogP contribution in [0.5, 0.6) is 0 Å². The fraction of sp³-hybridized carbons (Fsp3) is 0.643. The number of carbonyl (C=O) groups is 1. The molecule has 1 unspecified atom stereocenters. The van der Waals surface area contributed by atoms with Crippen molar-refractivity contribution in [2.24, 2.45) is 5.92 Å². The number of hydrogen-bond donors (Lipinski definition) is 2. The second kappa shape index (κ2) is 8.62. The fourth-order valence-electron chi connectivity index (χ4n) is 2.44. The van der Waals surface area contributed by atoms with Gasteiger partial charge in [-0.05, 0) is 51.5 Å². The van der Waals surface area contributed by atoms with Crippen molar-refractivity contribution >= 4 is 29.7 Å². The Balaban J connectivity index is 0.00000200. The summed E-state index contributed by atoms with van der Waals surface area (Å²) in [5.41, 5.74) is 0. The number of nitrogens with zero attached hydrogens (tertiary/aromatic N) is 1. The molecular formula is C14H24ClN3OS.